The summed E-state index contributed by atoms with van der Waals surface area (Å²) >= 11 is 0. The molecule has 0 radical (unpaired) electrons. The Morgan fingerprint density at radius 2 is 1.96 bits per heavy atom. The Morgan fingerprint density at radius 3 is 2.65 bits per heavy atom. The standard InChI is InChI=1S/C18H17N3O2/c1-11-4-2-7-15-14(11)9-16(18(22)23)21(15)10-12-5-3-6-13(8-12)17(19)20/h2-9H,10H2,1H3,(H3,19,20)(H,22,23). The van der Waals surface area contributed by atoms with Crippen LogP contribution in [0.25, 0.3) is 10.9 Å². The molecule has 0 spiro atoms. The Morgan fingerprint density at radius 1 is 1.22 bits per heavy atom. The molecule has 3 aromatic rings. The first kappa shape index (κ1) is 14.8. The first-order chi connectivity index (χ1) is 11.0. The summed E-state index contributed by atoms with van der Waals surface area (Å²) in [6.45, 7) is 2.38. The molecule has 0 amide bonds. The predicted octanol–water partition coefficient (Wildman–Crippen LogP) is 2.98. The maximum absolute atomic E-state index is 11.6. The van der Waals surface area contributed by atoms with Crippen molar-refractivity contribution < 1.29 is 9.90 Å². The molecule has 0 unspecified atom stereocenters. The molecule has 0 bridgehead atoms. The minimum atomic E-state index is -0.955. The van der Waals surface area contributed by atoms with E-state index in [-0.39, 0.29) is 11.5 Å². The number of fused-ring (bicyclic) bond motifs is 1. The van der Waals surface area contributed by atoms with Gasteiger partial charge in [-0.3, -0.25) is 5.41 Å². The molecule has 1 aromatic heterocycles. The van der Waals surface area contributed by atoms with E-state index in [2.05, 4.69) is 0 Å². The monoisotopic (exact) mass is 307 g/mol. The molecular formula is C18H17N3O2. The van der Waals surface area contributed by atoms with Gasteiger partial charge in [0.25, 0.3) is 0 Å². The summed E-state index contributed by atoms with van der Waals surface area (Å²) in [7, 11) is 0. The van der Waals surface area contributed by atoms with Crippen molar-refractivity contribution in [2.75, 3.05) is 0 Å². The van der Waals surface area contributed by atoms with Crippen molar-refractivity contribution in [1.29, 1.82) is 5.41 Å². The third-order valence-electron chi connectivity index (χ3n) is 3.96. The molecule has 1 heterocycles. The topological polar surface area (TPSA) is 92.1 Å². The fourth-order valence-corrected chi connectivity index (χ4v) is 2.80. The van der Waals surface area contributed by atoms with Gasteiger partial charge in [0.2, 0.25) is 0 Å². The molecule has 0 fully saturated rings. The smallest absolute Gasteiger partial charge is 0.352 e. The molecule has 23 heavy (non-hydrogen) atoms. The van der Waals surface area contributed by atoms with Crippen LogP contribution in [0.2, 0.25) is 0 Å². The molecule has 2 aromatic carbocycles. The Labute approximate surface area is 133 Å². The fraction of sp³-hybridized carbons (Fsp3) is 0.111. The van der Waals surface area contributed by atoms with E-state index in [0.717, 1.165) is 22.0 Å². The van der Waals surface area contributed by atoms with E-state index in [1.54, 1.807) is 16.7 Å². The number of amidine groups is 1. The van der Waals surface area contributed by atoms with Crippen LogP contribution >= 0.6 is 0 Å². The Hall–Kier alpha value is -3.08. The van der Waals surface area contributed by atoms with Crippen molar-refractivity contribution >= 4 is 22.7 Å². The predicted molar refractivity (Wildman–Crippen MR) is 90.2 cm³/mol. The third kappa shape index (κ3) is 2.68. The van der Waals surface area contributed by atoms with Crippen LogP contribution in [0.5, 0.6) is 0 Å². The number of rotatable bonds is 4. The third-order valence-corrected chi connectivity index (χ3v) is 3.96. The van der Waals surface area contributed by atoms with Crippen LogP contribution in [0.4, 0.5) is 0 Å². The summed E-state index contributed by atoms with van der Waals surface area (Å²) in [6.07, 6.45) is 0. The number of carboxylic acid groups (broad SMARTS) is 1. The number of hydrogen-bond acceptors (Lipinski definition) is 2. The van der Waals surface area contributed by atoms with Crippen LogP contribution in [-0.4, -0.2) is 21.5 Å². The normalized spacial score (nSPS) is 10.8. The van der Waals surface area contributed by atoms with Gasteiger partial charge in [-0.1, -0.05) is 30.3 Å². The lowest BCUT2D eigenvalue weighted by molar-refractivity contribution is 0.0686. The van der Waals surface area contributed by atoms with Crippen LogP contribution in [0.15, 0.2) is 48.5 Å². The lowest BCUT2D eigenvalue weighted by atomic mass is 10.1. The van der Waals surface area contributed by atoms with Crippen molar-refractivity contribution in [1.82, 2.24) is 4.57 Å². The van der Waals surface area contributed by atoms with Gasteiger partial charge in [-0.05, 0) is 36.2 Å². The number of carbonyl (C=O) groups is 1. The molecule has 5 nitrogen and oxygen atoms in total. The average Bonchev–Trinajstić information content (AvgIpc) is 2.88. The number of hydrogen-bond donors (Lipinski definition) is 3. The highest BCUT2D eigenvalue weighted by Gasteiger charge is 2.16. The van der Waals surface area contributed by atoms with Gasteiger partial charge < -0.3 is 15.4 Å². The number of nitrogens with two attached hydrogens (primary N) is 1. The van der Waals surface area contributed by atoms with E-state index in [1.165, 1.54) is 0 Å². The number of carboxylic acids is 1. The van der Waals surface area contributed by atoms with Gasteiger partial charge in [0.05, 0.1) is 0 Å². The van der Waals surface area contributed by atoms with E-state index < -0.39 is 5.97 Å². The van der Waals surface area contributed by atoms with E-state index >= 15 is 0 Å². The van der Waals surface area contributed by atoms with Crippen molar-refractivity contribution in [2.24, 2.45) is 5.73 Å². The summed E-state index contributed by atoms with van der Waals surface area (Å²) in [5, 5.41) is 18.0. The van der Waals surface area contributed by atoms with E-state index in [0.29, 0.717) is 12.1 Å². The zero-order valence-corrected chi connectivity index (χ0v) is 12.7. The van der Waals surface area contributed by atoms with Gasteiger partial charge in [0.1, 0.15) is 11.5 Å². The largest absolute Gasteiger partial charge is 0.477 e. The van der Waals surface area contributed by atoms with E-state index in [1.807, 2.05) is 43.3 Å². The van der Waals surface area contributed by atoms with Crippen LogP contribution < -0.4 is 5.73 Å². The second-order valence-corrected chi connectivity index (χ2v) is 5.54. The number of aromatic nitrogens is 1. The first-order valence-electron chi connectivity index (χ1n) is 7.23. The molecule has 0 atom stereocenters. The van der Waals surface area contributed by atoms with Crippen LogP contribution in [0.1, 0.15) is 27.2 Å². The average molecular weight is 307 g/mol. The zero-order chi connectivity index (χ0) is 16.6. The Bertz CT molecular complexity index is 925. The van der Waals surface area contributed by atoms with Crippen LogP contribution in [0.3, 0.4) is 0 Å². The second kappa shape index (κ2) is 5.61. The maximum atomic E-state index is 11.6. The molecule has 4 N–H and O–H groups in total. The molecule has 0 aliphatic rings. The highest BCUT2D eigenvalue weighted by molar-refractivity contribution is 5.96. The second-order valence-electron chi connectivity index (χ2n) is 5.54. The van der Waals surface area contributed by atoms with Crippen molar-refractivity contribution in [2.45, 2.75) is 13.5 Å². The van der Waals surface area contributed by atoms with E-state index in [4.69, 9.17) is 11.1 Å². The van der Waals surface area contributed by atoms with Crippen LogP contribution in [0, 0.1) is 12.3 Å². The number of aromatic carboxylic acids is 1. The van der Waals surface area contributed by atoms with Gasteiger partial charge >= 0.3 is 5.97 Å². The summed E-state index contributed by atoms with van der Waals surface area (Å²) in [5.41, 5.74) is 9.24. The number of aryl methyl sites for hydroxylation is 1. The molecule has 116 valence electrons. The minimum absolute atomic E-state index is 0.00137. The number of nitrogens with one attached hydrogen (secondary N) is 1. The molecule has 0 saturated heterocycles. The quantitative estimate of drug-likeness (QED) is 0.511. The van der Waals surface area contributed by atoms with Gasteiger partial charge in [-0.2, -0.15) is 0 Å². The molecule has 3 rings (SSSR count). The van der Waals surface area contributed by atoms with Gasteiger partial charge in [-0.15, -0.1) is 0 Å². The molecule has 0 aliphatic carbocycles. The summed E-state index contributed by atoms with van der Waals surface area (Å²) in [5.74, 6) is -0.957. The number of nitrogen functional groups attached to an aromatic ring is 1. The molecular weight excluding hydrogens is 290 g/mol. The SMILES string of the molecule is Cc1cccc2c1cc(C(=O)O)n2Cc1cccc(C(=N)N)c1. The summed E-state index contributed by atoms with van der Waals surface area (Å²) in [4.78, 5) is 11.6. The van der Waals surface area contributed by atoms with Crippen molar-refractivity contribution in [3.05, 3.63) is 70.9 Å². The summed E-state index contributed by atoms with van der Waals surface area (Å²) in [6, 6.07) is 14.8. The number of benzene rings is 2. The van der Waals surface area contributed by atoms with Gasteiger partial charge in [-0.25, -0.2) is 4.79 Å². The fourth-order valence-electron chi connectivity index (χ4n) is 2.80. The highest BCUT2D eigenvalue weighted by atomic mass is 16.4. The van der Waals surface area contributed by atoms with Gasteiger partial charge in [0.15, 0.2) is 0 Å². The van der Waals surface area contributed by atoms with E-state index in [9.17, 15) is 9.90 Å². The lowest BCUT2D eigenvalue weighted by Crippen LogP contribution is -2.13. The molecule has 0 saturated carbocycles. The first-order valence-corrected chi connectivity index (χ1v) is 7.23. The van der Waals surface area contributed by atoms with Crippen molar-refractivity contribution in [3.8, 4) is 0 Å². The minimum Gasteiger partial charge on any atom is -0.477 e. The highest BCUT2D eigenvalue weighted by Crippen LogP contribution is 2.24. The van der Waals surface area contributed by atoms with Crippen molar-refractivity contribution in [3.63, 3.8) is 0 Å². The molecule has 5 heteroatoms. The zero-order valence-electron chi connectivity index (χ0n) is 12.7. The summed E-state index contributed by atoms with van der Waals surface area (Å²) < 4.78 is 1.78. The number of nitrogens with zero attached hydrogens (tertiary/aromatic N) is 1. The maximum Gasteiger partial charge on any atom is 0.352 e. The lowest BCUT2D eigenvalue weighted by Gasteiger charge is -2.10. The van der Waals surface area contributed by atoms with Gasteiger partial charge in [0, 0.05) is 23.0 Å². The van der Waals surface area contributed by atoms with Crippen LogP contribution in [-0.2, 0) is 6.54 Å². The Kier molecular flexibility index (Phi) is 3.62. The Balaban J connectivity index is 2.14. The molecule has 0 aliphatic heterocycles.